The van der Waals surface area contributed by atoms with Gasteiger partial charge in [0.2, 0.25) is 0 Å². The Morgan fingerprint density at radius 3 is 2.42 bits per heavy atom. The van der Waals surface area contributed by atoms with Gasteiger partial charge in [0.05, 0.1) is 20.6 Å². The van der Waals surface area contributed by atoms with E-state index >= 15 is 0 Å². The Labute approximate surface area is 142 Å². The van der Waals surface area contributed by atoms with Crippen LogP contribution in [0.4, 0.5) is 4.79 Å². The minimum absolute atomic E-state index is 0.0471. The van der Waals surface area contributed by atoms with E-state index in [0.29, 0.717) is 17.1 Å². The second kappa shape index (κ2) is 9.00. The summed E-state index contributed by atoms with van der Waals surface area (Å²) in [4.78, 5) is 23.2. The van der Waals surface area contributed by atoms with Gasteiger partial charge in [-0.3, -0.25) is 4.79 Å². The molecule has 1 aromatic carbocycles. The van der Waals surface area contributed by atoms with Crippen LogP contribution in [0.3, 0.4) is 0 Å². The third kappa shape index (κ3) is 7.21. The molecule has 0 aliphatic carbocycles. The lowest BCUT2D eigenvalue weighted by Crippen LogP contribution is -2.33. The molecule has 0 atom stereocenters. The van der Waals surface area contributed by atoms with Crippen molar-refractivity contribution in [2.75, 3.05) is 20.8 Å². The summed E-state index contributed by atoms with van der Waals surface area (Å²) in [6.07, 6.45) is -0.518. The van der Waals surface area contributed by atoms with Crippen molar-refractivity contribution in [3.05, 3.63) is 23.8 Å². The van der Waals surface area contributed by atoms with Crippen molar-refractivity contribution in [2.45, 2.75) is 39.4 Å². The lowest BCUT2D eigenvalue weighted by atomic mass is 10.2. The average molecular weight is 339 g/mol. The fourth-order valence-electron chi connectivity index (χ4n) is 1.81. The van der Waals surface area contributed by atoms with Gasteiger partial charge in [-0.05, 0) is 39.0 Å². The molecule has 0 bridgehead atoms. The predicted octanol–water partition coefficient (Wildman–Crippen LogP) is 2.66. The first-order valence-corrected chi connectivity index (χ1v) is 7.58. The standard InChI is InChI=1S/C17H25NO6/c1-17(2,3)24-16(20)18-9-8-15(19)23-11-12-10-13(21-4)6-7-14(12)22-5/h6-7,10H,8-9,11H2,1-5H3,(H,18,20). The number of methoxy groups -OCH3 is 2. The van der Waals surface area contributed by atoms with Crippen molar-refractivity contribution >= 4 is 12.1 Å². The normalized spacial score (nSPS) is 10.7. The predicted molar refractivity (Wildman–Crippen MR) is 88.2 cm³/mol. The number of rotatable bonds is 7. The highest BCUT2D eigenvalue weighted by Gasteiger charge is 2.16. The van der Waals surface area contributed by atoms with Crippen LogP contribution in [-0.4, -0.2) is 38.4 Å². The molecule has 7 nitrogen and oxygen atoms in total. The molecule has 1 rings (SSSR count). The fraction of sp³-hybridized carbons (Fsp3) is 0.529. The summed E-state index contributed by atoms with van der Waals surface area (Å²) in [5.74, 6) is 0.819. The first kappa shape index (κ1) is 19.6. The number of nitrogens with one attached hydrogen (secondary N) is 1. The highest BCUT2D eigenvalue weighted by atomic mass is 16.6. The molecule has 0 saturated heterocycles. The zero-order chi connectivity index (χ0) is 18.2. The minimum atomic E-state index is -0.576. The van der Waals surface area contributed by atoms with Gasteiger partial charge in [-0.1, -0.05) is 0 Å². The van der Waals surface area contributed by atoms with Gasteiger partial charge in [0, 0.05) is 12.1 Å². The van der Waals surface area contributed by atoms with E-state index in [1.165, 1.54) is 7.11 Å². The molecule has 0 radical (unpaired) electrons. The van der Waals surface area contributed by atoms with Crippen LogP contribution in [0.5, 0.6) is 11.5 Å². The summed E-state index contributed by atoms with van der Waals surface area (Å²) >= 11 is 0. The van der Waals surface area contributed by atoms with E-state index in [-0.39, 0.29) is 19.6 Å². The molecular formula is C17H25NO6. The molecule has 134 valence electrons. The maximum absolute atomic E-state index is 11.8. The van der Waals surface area contributed by atoms with Crippen molar-refractivity contribution in [1.82, 2.24) is 5.32 Å². The Hall–Kier alpha value is -2.44. The van der Waals surface area contributed by atoms with Crippen LogP contribution >= 0.6 is 0 Å². The van der Waals surface area contributed by atoms with E-state index in [0.717, 1.165) is 0 Å². The van der Waals surface area contributed by atoms with Crippen LogP contribution in [0.15, 0.2) is 18.2 Å². The summed E-state index contributed by atoms with van der Waals surface area (Å²) in [6.45, 7) is 5.50. The smallest absolute Gasteiger partial charge is 0.407 e. The van der Waals surface area contributed by atoms with Crippen molar-refractivity contribution in [2.24, 2.45) is 0 Å². The SMILES string of the molecule is COc1ccc(OC)c(COC(=O)CCNC(=O)OC(C)(C)C)c1. The van der Waals surface area contributed by atoms with E-state index in [2.05, 4.69) is 5.32 Å². The molecule has 1 amide bonds. The van der Waals surface area contributed by atoms with Gasteiger partial charge in [-0.25, -0.2) is 4.79 Å². The van der Waals surface area contributed by atoms with Gasteiger partial charge >= 0.3 is 12.1 Å². The molecule has 1 N–H and O–H groups in total. The van der Waals surface area contributed by atoms with Gasteiger partial charge in [0.1, 0.15) is 23.7 Å². The van der Waals surface area contributed by atoms with Crippen LogP contribution in [-0.2, 0) is 20.9 Å². The first-order valence-electron chi connectivity index (χ1n) is 7.58. The van der Waals surface area contributed by atoms with Crippen molar-refractivity contribution in [3.8, 4) is 11.5 Å². The molecule has 0 saturated carbocycles. The zero-order valence-electron chi connectivity index (χ0n) is 14.8. The zero-order valence-corrected chi connectivity index (χ0v) is 14.8. The largest absolute Gasteiger partial charge is 0.497 e. The van der Waals surface area contributed by atoms with Crippen molar-refractivity contribution in [1.29, 1.82) is 0 Å². The number of amides is 1. The summed E-state index contributed by atoms with van der Waals surface area (Å²) in [6, 6.07) is 5.24. The van der Waals surface area contributed by atoms with Crippen molar-refractivity contribution in [3.63, 3.8) is 0 Å². The van der Waals surface area contributed by atoms with E-state index in [9.17, 15) is 9.59 Å². The average Bonchev–Trinajstić information content (AvgIpc) is 2.50. The number of ether oxygens (including phenoxy) is 4. The third-order valence-corrected chi connectivity index (χ3v) is 2.87. The number of carbonyl (C=O) groups excluding carboxylic acids is 2. The summed E-state index contributed by atoms with van der Waals surface area (Å²) in [5.41, 5.74) is 0.123. The van der Waals surface area contributed by atoms with E-state index in [1.54, 1.807) is 46.1 Å². The minimum Gasteiger partial charge on any atom is -0.497 e. The molecule has 0 aliphatic heterocycles. The second-order valence-corrected chi connectivity index (χ2v) is 6.02. The van der Waals surface area contributed by atoms with E-state index in [4.69, 9.17) is 18.9 Å². The molecule has 0 unspecified atom stereocenters. The molecule has 0 aromatic heterocycles. The number of hydrogen-bond donors (Lipinski definition) is 1. The Bertz CT molecular complexity index is 565. The highest BCUT2D eigenvalue weighted by molar-refractivity contribution is 5.72. The van der Waals surface area contributed by atoms with Crippen LogP contribution < -0.4 is 14.8 Å². The summed E-state index contributed by atoms with van der Waals surface area (Å²) in [5, 5.41) is 2.50. The van der Waals surface area contributed by atoms with E-state index < -0.39 is 17.7 Å². The number of carbonyl (C=O) groups is 2. The maximum atomic E-state index is 11.8. The second-order valence-electron chi connectivity index (χ2n) is 6.02. The fourth-order valence-corrected chi connectivity index (χ4v) is 1.81. The molecule has 1 aromatic rings. The molecule has 0 spiro atoms. The van der Waals surface area contributed by atoms with Crippen LogP contribution in [0.1, 0.15) is 32.8 Å². The summed E-state index contributed by atoms with van der Waals surface area (Å²) in [7, 11) is 3.10. The Balaban J connectivity index is 2.40. The van der Waals surface area contributed by atoms with Crippen LogP contribution in [0.2, 0.25) is 0 Å². The topological polar surface area (TPSA) is 83.1 Å². The lowest BCUT2D eigenvalue weighted by Gasteiger charge is -2.19. The van der Waals surface area contributed by atoms with Gasteiger partial charge in [-0.15, -0.1) is 0 Å². The Kier molecular flexibility index (Phi) is 7.35. The van der Waals surface area contributed by atoms with Gasteiger partial charge in [-0.2, -0.15) is 0 Å². The van der Waals surface area contributed by atoms with Gasteiger partial charge < -0.3 is 24.3 Å². The highest BCUT2D eigenvalue weighted by Crippen LogP contribution is 2.24. The summed E-state index contributed by atoms with van der Waals surface area (Å²) < 4.78 is 20.6. The third-order valence-electron chi connectivity index (χ3n) is 2.87. The van der Waals surface area contributed by atoms with Crippen LogP contribution in [0.25, 0.3) is 0 Å². The molecule has 0 aliphatic rings. The van der Waals surface area contributed by atoms with Gasteiger partial charge in [0.25, 0.3) is 0 Å². The maximum Gasteiger partial charge on any atom is 0.407 e. The van der Waals surface area contributed by atoms with Crippen LogP contribution in [0, 0.1) is 0 Å². The number of alkyl carbamates (subject to hydrolysis) is 1. The molecule has 7 heteroatoms. The first-order chi connectivity index (χ1) is 11.2. The lowest BCUT2D eigenvalue weighted by molar-refractivity contribution is -0.144. The number of hydrogen-bond acceptors (Lipinski definition) is 6. The van der Waals surface area contributed by atoms with Crippen molar-refractivity contribution < 1.29 is 28.5 Å². The molecule has 0 fully saturated rings. The molecule has 0 heterocycles. The molecular weight excluding hydrogens is 314 g/mol. The Morgan fingerprint density at radius 2 is 1.83 bits per heavy atom. The number of esters is 1. The Morgan fingerprint density at radius 1 is 1.12 bits per heavy atom. The van der Waals surface area contributed by atoms with Gasteiger partial charge in [0.15, 0.2) is 0 Å². The van der Waals surface area contributed by atoms with E-state index in [1.807, 2.05) is 0 Å². The molecule has 24 heavy (non-hydrogen) atoms. The monoisotopic (exact) mass is 339 g/mol. The quantitative estimate of drug-likeness (QED) is 0.769. The number of benzene rings is 1.